The van der Waals surface area contributed by atoms with Crippen molar-refractivity contribution in [1.82, 2.24) is 0 Å². The lowest BCUT2D eigenvalue weighted by Gasteiger charge is -2.08. The van der Waals surface area contributed by atoms with Crippen LogP contribution in [0.25, 0.3) is 22.1 Å². The van der Waals surface area contributed by atoms with Crippen LogP contribution in [0.5, 0.6) is 5.75 Å². The van der Waals surface area contributed by atoms with Crippen molar-refractivity contribution >= 4 is 11.0 Å². The molecular weight excluding hydrogens is 309 g/mol. The highest BCUT2D eigenvalue weighted by Crippen LogP contribution is 2.31. The minimum Gasteiger partial charge on any atom is -0.497 e. The molecule has 1 aromatic heterocycles. The van der Waals surface area contributed by atoms with Gasteiger partial charge >= 0.3 is 11.8 Å². The molecule has 0 aliphatic carbocycles. The lowest BCUT2D eigenvalue weighted by atomic mass is 10.0. The van der Waals surface area contributed by atoms with E-state index >= 15 is 0 Å². The van der Waals surface area contributed by atoms with Gasteiger partial charge in [0.1, 0.15) is 11.3 Å². The first-order chi connectivity index (χ1) is 10.9. The highest BCUT2D eigenvalue weighted by molar-refractivity contribution is 5.82. The molecule has 1 heterocycles. The summed E-state index contributed by atoms with van der Waals surface area (Å²) in [5.41, 5.74) is -0.446. The maximum absolute atomic E-state index is 12.6. The van der Waals surface area contributed by atoms with Crippen molar-refractivity contribution in [2.24, 2.45) is 0 Å². The lowest BCUT2D eigenvalue weighted by Crippen LogP contribution is -2.06. The summed E-state index contributed by atoms with van der Waals surface area (Å²) >= 11 is 0. The third kappa shape index (κ3) is 2.92. The first-order valence-corrected chi connectivity index (χ1v) is 6.68. The molecule has 0 fully saturated rings. The van der Waals surface area contributed by atoms with Crippen LogP contribution in [0.3, 0.4) is 0 Å². The molecule has 0 amide bonds. The topological polar surface area (TPSA) is 39.4 Å². The van der Waals surface area contributed by atoms with Crippen LogP contribution in [0.4, 0.5) is 13.2 Å². The summed E-state index contributed by atoms with van der Waals surface area (Å²) in [7, 11) is 1.51. The molecule has 0 spiro atoms. The SMILES string of the molecule is COc1ccc2oc(=O)c(-c3ccc(C(F)(F)F)cc3)cc2c1. The standard InChI is InChI=1S/C17H11F3O3/c1-22-13-6-7-15-11(8-13)9-14(16(21)23-15)10-2-4-12(5-3-10)17(18,19)20/h2-9H,1H3. The molecule has 0 unspecified atom stereocenters. The Morgan fingerprint density at radius 1 is 1.00 bits per heavy atom. The van der Waals surface area contributed by atoms with Crippen molar-refractivity contribution in [3.63, 3.8) is 0 Å². The summed E-state index contributed by atoms with van der Waals surface area (Å²) < 4.78 is 48.1. The Bertz CT molecular complexity index is 909. The average Bonchev–Trinajstić information content (AvgIpc) is 2.53. The van der Waals surface area contributed by atoms with Crippen molar-refractivity contribution in [3.8, 4) is 16.9 Å². The van der Waals surface area contributed by atoms with E-state index < -0.39 is 17.4 Å². The fourth-order valence-corrected chi connectivity index (χ4v) is 2.27. The van der Waals surface area contributed by atoms with Crippen molar-refractivity contribution in [2.75, 3.05) is 7.11 Å². The Balaban J connectivity index is 2.11. The monoisotopic (exact) mass is 320 g/mol. The molecule has 118 valence electrons. The minimum atomic E-state index is -4.42. The van der Waals surface area contributed by atoms with Crippen LogP contribution >= 0.6 is 0 Å². The number of rotatable bonds is 2. The molecule has 0 atom stereocenters. The molecule has 0 radical (unpaired) electrons. The highest BCUT2D eigenvalue weighted by atomic mass is 19.4. The van der Waals surface area contributed by atoms with E-state index in [0.717, 1.165) is 12.1 Å². The van der Waals surface area contributed by atoms with Gasteiger partial charge in [-0.05, 0) is 42.0 Å². The first-order valence-electron chi connectivity index (χ1n) is 6.68. The molecule has 23 heavy (non-hydrogen) atoms. The number of ether oxygens (including phenoxy) is 1. The largest absolute Gasteiger partial charge is 0.497 e. The Morgan fingerprint density at radius 3 is 2.30 bits per heavy atom. The lowest BCUT2D eigenvalue weighted by molar-refractivity contribution is -0.137. The van der Waals surface area contributed by atoms with E-state index in [2.05, 4.69) is 0 Å². The number of fused-ring (bicyclic) bond motifs is 1. The number of alkyl halides is 3. The van der Waals surface area contributed by atoms with Crippen LogP contribution in [0, 0.1) is 0 Å². The van der Waals surface area contributed by atoms with Crippen LogP contribution in [0.1, 0.15) is 5.56 Å². The molecule has 3 rings (SSSR count). The molecule has 3 nitrogen and oxygen atoms in total. The van der Waals surface area contributed by atoms with Gasteiger partial charge in [-0.2, -0.15) is 13.2 Å². The summed E-state index contributed by atoms with van der Waals surface area (Å²) in [5.74, 6) is 0.588. The number of hydrogen-bond acceptors (Lipinski definition) is 3. The molecule has 0 bridgehead atoms. The van der Waals surface area contributed by atoms with Crippen LogP contribution in [0.15, 0.2) is 57.7 Å². The molecule has 6 heteroatoms. The summed E-state index contributed by atoms with van der Waals surface area (Å²) in [5, 5.41) is 0.624. The summed E-state index contributed by atoms with van der Waals surface area (Å²) in [6, 6.07) is 10.9. The van der Waals surface area contributed by atoms with Crippen LogP contribution < -0.4 is 10.4 Å². The third-order valence-electron chi connectivity index (χ3n) is 3.46. The van der Waals surface area contributed by atoms with E-state index in [0.29, 0.717) is 22.3 Å². The molecule has 0 aliphatic heterocycles. The molecule has 2 aromatic carbocycles. The molecule has 0 saturated heterocycles. The smallest absolute Gasteiger partial charge is 0.416 e. The molecule has 0 aliphatic rings. The van der Waals surface area contributed by atoms with Crippen LogP contribution in [-0.4, -0.2) is 7.11 Å². The number of halogens is 3. The second-order valence-corrected chi connectivity index (χ2v) is 4.93. The Morgan fingerprint density at radius 2 is 1.70 bits per heavy atom. The Hall–Kier alpha value is -2.76. The van der Waals surface area contributed by atoms with Gasteiger partial charge in [-0.15, -0.1) is 0 Å². The van der Waals surface area contributed by atoms with E-state index in [1.807, 2.05) is 0 Å². The second kappa shape index (κ2) is 5.46. The zero-order valence-corrected chi connectivity index (χ0v) is 12.0. The van der Waals surface area contributed by atoms with E-state index in [1.165, 1.54) is 19.2 Å². The van der Waals surface area contributed by atoms with Crippen LogP contribution in [-0.2, 0) is 6.18 Å². The van der Waals surface area contributed by atoms with Gasteiger partial charge in [-0.1, -0.05) is 12.1 Å². The third-order valence-corrected chi connectivity index (χ3v) is 3.46. The van der Waals surface area contributed by atoms with E-state index in [9.17, 15) is 18.0 Å². The number of hydrogen-bond donors (Lipinski definition) is 0. The number of methoxy groups -OCH3 is 1. The van der Waals surface area contributed by atoms with Gasteiger partial charge in [0.15, 0.2) is 0 Å². The normalized spacial score (nSPS) is 11.7. The minimum absolute atomic E-state index is 0.194. The summed E-state index contributed by atoms with van der Waals surface area (Å²) in [4.78, 5) is 12.0. The fraction of sp³-hybridized carbons (Fsp3) is 0.118. The van der Waals surface area contributed by atoms with Crippen molar-refractivity contribution in [2.45, 2.75) is 6.18 Å². The maximum Gasteiger partial charge on any atom is 0.416 e. The zero-order chi connectivity index (χ0) is 16.6. The molecule has 3 aromatic rings. The quantitative estimate of drug-likeness (QED) is 0.653. The second-order valence-electron chi connectivity index (χ2n) is 4.93. The predicted octanol–water partition coefficient (Wildman–Crippen LogP) is 4.49. The summed E-state index contributed by atoms with van der Waals surface area (Å²) in [6.07, 6.45) is -4.42. The Labute approximate surface area is 128 Å². The first kappa shape index (κ1) is 15.1. The van der Waals surface area contributed by atoms with Gasteiger partial charge in [-0.3, -0.25) is 0 Å². The van der Waals surface area contributed by atoms with E-state index in [4.69, 9.17) is 9.15 Å². The van der Waals surface area contributed by atoms with Crippen LogP contribution in [0.2, 0.25) is 0 Å². The fourth-order valence-electron chi connectivity index (χ4n) is 2.27. The zero-order valence-electron chi connectivity index (χ0n) is 12.0. The van der Waals surface area contributed by atoms with Crippen molar-refractivity contribution < 1.29 is 22.3 Å². The van der Waals surface area contributed by atoms with Gasteiger partial charge in [0, 0.05) is 5.39 Å². The van der Waals surface area contributed by atoms with Gasteiger partial charge in [-0.25, -0.2) is 4.79 Å². The van der Waals surface area contributed by atoms with E-state index in [1.54, 1.807) is 24.3 Å². The van der Waals surface area contributed by atoms with Gasteiger partial charge in [0.2, 0.25) is 0 Å². The number of benzene rings is 2. The van der Waals surface area contributed by atoms with E-state index in [-0.39, 0.29) is 5.56 Å². The summed E-state index contributed by atoms with van der Waals surface area (Å²) in [6.45, 7) is 0. The highest BCUT2D eigenvalue weighted by Gasteiger charge is 2.30. The van der Waals surface area contributed by atoms with Gasteiger partial charge in [0.05, 0.1) is 18.2 Å². The predicted molar refractivity (Wildman–Crippen MR) is 79.5 cm³/mol. The van der Waals surface area contributed by atoms with Gasteiger partial charge < -0.3 is 9.15 Å². The van der Waals surface area contributed by atoms with Crippen molar-refractivity contribution in [3.05, 3.63) is 64.5 Å². The average molecular weight is 320 g/mol. The molecule has 0 saturated carbocycles. The molecular formula is C17H11F3O3. The van der Waals surface area contributed by atoms with Gasteiger partial charge in [0.25, 0.3) is 0 Å². The van der Waals surface area contributed by atoms with Crippen molar-refractivity contribution in [1.29, 1.82) is 0 Å². The maximum atomic E-state index is 12.6. The Kier molecular flexibility index (Phi) is 3.60. The molecule has 0 N–H and O–H groups in total.